The number of hydrogen-bond donors (Lipinski definition) is 1. The van der Waals surface area contributed by atoms with Crippen LogP contribution >= 0.6 is 0 Å². The number of methoxy groups -OCH3 is 1. The first kappa shape index (κ1) is 11.8. The van der Waals surface area contributed by atoms with Crippen molar-refractivity contribution in [1.29, 1.82) is 0 Å². The van der Waals surface area contributed by atoms with E-state index in [1.54, 1.807) is 18.3 Å². The molecule has 0 unspecified atom stereocenters. The maximum atomic E-state index is 5.23. The first-order chi connectivity index (χ1) is 8.88. The molecule has 1 aromatic carbocycles. The van der Waals surface area contributed by atoms with Crippen LogP contribution in [0.2, 0.25) is 0 Å². The molecule has 2 aliphatic rings. The van der Waals surface area contributed by atoms with E-state index >= 15 is 0 Å². The summed E-state index contributed by atoms with van der Waals surface area (Å²) in [5.74, 6) is 0.937. The highest BCUT2D eigenvalue weighted by atomic mass is 16.5. The smallest absolute Gasteiger partial charge is 0.118 e. The van der Waals surface area contributed by atoms with E-state index in [-0.39, 0.29) is 0 Å². The number of ether oxygens (including phenoxy) is 1. The average molecular weight is 243 g/mol. The maximum absolute atomic E-state index is 5.23. The van der Waals surface area contributed by atoms with Crippen LogP contribution in [0.25, 0.3) is 0 Å². The Labute approximate surface area is 109 Å². The summed E-state index contributed by atoms with van der Waals surface area (Å²) >= 11 is 0. The molecule has 2 heteroatoms. The van der Waals surface area contributed by atoms with Gasteiger partial charge in [-0.05, 0) is 61.9 Å². The Morgan fingerprint density at radius 3 is 2.61 bits per heavy atom. The topological polar surface area (TPSA) is 21.3 Å². The lowest BCUT2D eigenvalue weighted by Gasteiger charge is -2.33. The van der Waals surface area contributed by atoms with E-state index in [1.165, 1.54) is 37.7 Å². The first-order valence-electron chi connectivity index (χ1n) is 6.96. The Hall–Kier alpha value is -1.28. The number of rotatable bonds is 2. The Bertz CT molecular complexity index is 443. The van der Waals surface area contributed by atoms with Gasteiger partial charge in [0.2, 0.25) is 0 Å². The Morgan fingerprint density at radius 2 is 1.83 bits per heavy atom. The van der Waals surface area contributed by atoms with Crippen LogP contribution in [0.4, 0.5) is 0 Å². The predicted molar refractivity (Wildman–Crippen MR) is 73.8 cm³/mol. The van der Waals surface area contributed by atoms with E-state index < -0.39 is 0 Å². The van der Waals surface area contributed by atoms with Gasteiger partial charge in [-0.15, -0.1) is 0 Å². The molecular weight excluding hydrogens is 222 g/mol. The summed E-state index contributed by atoms with van der Waals surface area (Å²) in [5, 5.41) is 3.67. The Kier molecular flexibility index (Phi) is 3.37. The van der Waals surface area contributed by atoms with Gasteiger partial charge in [-0.1, -0.05) is 17.7 Å². The molecule has 0 saturated heterocycles. The highest BCUT2D eigenvalue weighted by Gasteiger charge is 2.25. The van der Waals surface area contributed by atoms with Gasteiger partial charge in [-0.3, -0.25) is 0 Å². The molecule has 1 aliphatic carbocycles. The monoisotopic (exact) mass is 243 g/mol. The summed E-state index contributed by atoms with van der Waals surface area (Å²) in [6.45, 7) is 1.12. The number of benzene rings is 1. The Morgan fingerprint density at radius 1 is 1.06 bits per heavy atom. The summed E-state index contributed by atoms with van der Waals surface area (Å²) < 4.78 is 5.23. The van der Waals surface area contributed by atoms with Gasteiger partial charge < -0.3 is 10.1 Å². The van der Waals surface area contributed by atoms with Crippen LogP contribution in [0.15, 0.2) is 35.4 Å². The minimum absolute atomic E-state index is 0.444. The zero-order chi connectivity index (χ0) is 12.4. The van der Waals surface area contributed by atoms with Crippen molar-refractivity contribution < 1.29 is 4.74 Å². The Balaban J connectivity index is 1.89. The normalized spacial score (nSPS) is 23.7. The summed E-state index contributed by atoms with van der Waals surface area (Å²) in [6, 6.07) is 8.96. The molecule has 0 radical (unpaired) electrons. The molecule has 0 bridgehead atoms. The van der Waals surface area contributed by atoms with Gasteiger partial charge in [0.15, 0.2) is 0 Å². The second kappa shape index (κ2) is 5.15. The molecule has 0 spiro atoms. The molecular formula is C16H21NO. The quantitative estimate of drug-likeness (QED) is 0.801. The third-order valence-electron chi connectivity index (χ3n) is 4.20. The lowest BCUT2D eigenvalue weighted by Crippen LogP contribution is -2.31. The number of hydrogen-bond acceptors (Lipinski definition) is 2. The molecule has 1 N–H and O–H groups in total. The second-order valence-corrected chi connectivity index (χ2v) is 5.25. The van der Waals surface area contributed by atoms with Gasteiger partial charge >= 0.3 is 0 Å². The van der Waals surface area contributed by atoms with Gasteiger partial charge in [-0.2, -0.15) is 0 Å². The summed E-state index contributed by atoms with van der Waals surface area (Å²) in [6.07, 6.45) is 6.59. The third kappa shape index (κ3) is 2.17. The molecule has 0 aromatic heterocycles. The van der Waals surface area contributed by atoms with Crippen LogP contribution in [0.1, 0.15) is 43.7 Å². The van der Waals surface area contributed by atoms with Crippen LogP contribution in [0.5, 0.6) is 5.75 Å². The van der Waals surface area contributed by atoms with E-state index in [0.29, 0.717) is 6.04 Å². The molecule has 3 rings (SSSR count). The van der Waals surface area contributed by atoms with Crippen molar-refractivity contribution in [3.05, 3.63) is 41.0 Å². The lowest BCUT2D eigenvalue weighted by molar-refractivity contribution is 0.414. The van der Waals surface area contributed by atoms with Crippen LogP contribution < -0.4 is 10.1 Å². The van der Waals surface area contributed by atoms with E-state index in [9.17, 15) is 0 Å². The van der Waals surface area contributed by atoms with Gasteiger partial charge in [0.1, 0.15) is 5.75 Å². The van der Waals surface area contributed by atoms with Crippen molar-refractivity contribution in [2.24, 2.45) is 0 Å². The van der Waals surface area contributed by atoms with Gasteiger partial charge in [0.05, 0.1) is 13.2 Å². The average Bonchev–Trinajstić information content (AvgIpc) is 2.47. The third-order valence-corrected chi connectivity index (χ3v) is 4.20. The standard InChI is InChI=1S/C16H21NO/c1-18-14-8-6-13(7-9-14)16-15-5-3-2-4-12(15)10-11-17-16/h6-9,16-17H,2-5,10-11H2,1H3/t16-/m1/s1. The zero-order valence-electron chi connectivity index (χ0n) is 11.0. The minimum atomic E-state index is 0.444. The van der Waals surface area contributed by atoms with E-state index in [4.69, 9.17) is 4.74 Å². The molecule has 18 heavy (non-hydrogen) atoms. The first-order valence-corrected chi connectivity index (χ1v) is 6.96. The van der Waals surface area contributed by atoms with Crippen molar-refractivity contribution in [3.63, 3.8) is 0 Å². The van der Waals surface area contributed by atoms with E-state index in [1.807, 2.05) is 0 Å². The molecule has 0 saturated carbocycles. The fourth-order valence-electron chi connectivity index (χ4n) is 3.23. The highest BCUT2D eigenvalue weighted by molar-refractivity contribution is 5.37. The van der Waals surface area contributed by atoms with Gasteiger partial charge in [-0.25, -0.2) is 0 Å². The summed E-state index contributed by atoms with van der Waals surface area (Å²) in [7, 11) is 1.72. The molecule has 96 valence electrons. The fraction of sp³-hybridized carbons (Fsp3) is 0.500. The zero-order valence-corrected chi connectivity index (χ0v) is 11.0. The molecule has 1 aromatic rings. The second-order valence-electron chi connectivity index (χ2n) is 5.25. The van der Waals surface area contributed by atoms with Crippen LogP contribution in [-0.2, 0) is 0 Å². The molecule has 2 nitrogen and oxygen atoms in total. The van der Waals surface area contributed by atoms with Crippen molar-refractivity contribution in [2.75, 3.05) is 13.7 Å². The van der Waals surface area contributed by atoms with Crippen LogP contribution in [0.3, 0.4) is 0 Å². The molecule has 1 heterocycles. The van der Waals surface area contributed by atoms with Crippen LogP contribution in [-0.4, -0.2) is 13.7 Å². The van der Waals surface area contributed by atoms with E-state index in [0.717, 1.165) is 12.3 Å². The highest BCUT2D eigenvalue weighted by Crippen LogP contribution is 2.38. The van der Waals surface area contributed by atoms with E-state index in [2.05, 4.69) is 29.6 Å². The largest absolute Gasteiger partial charge is 0.497 e. The molecule has 0 fully saturated rings. The molecule has 0 amide bonds. The molecule has 1 aliphatic heterocycles. The SMILES string of the molecule is COc1ccc([C@H]2NCCC3=C2CCCC3)cc1. The van der Waals surface area contributed by atoms with Gasteiger partial charge in [0, 0.05) is 0 Å². The summed E-state index contributed by atoms with van der Waals surface area (Å²) in [5.41, 5.74) is 4.77. The minimum Gasteiger partial charge on any atom is -0.497 e. The molecule has 1 atom stereocenters. The fourth-order valence-corrected chi connectivity index (χ4v) is 3.23. The predicted octanol–water partition coefficient (Wildman–Crippen LogP) is 3.60. The van der Waals surface area contributed by atoms with Crippen molar-refractivity contribution in [3.8, 4) is 5.75 Å². The van der Waals surface area contributed by atoms with Crippen molar-refractivity contribution >= 4 is 0 Å². The number of nitrogens with one attached hydrogen (secondary N) is 1. The maximum Gasteiger partial charge on any atom is 0.118 e. The summed E-state index contributed by atoms with van der Waals surface area (Å²) in [4.78, 5) is 0. The van der Waals surface area contributed by atoms with Crippen LogP contribution in [0, 0.1) is 0 Å². The van der Waals surface area contributed by atoms with Gasteiger partial charge in [0.25, 0.3) is 0 Å². The van der Waals surface area contributed by atoms with Crippen molar-refractivity contribution in [1.82, 2.24) is 5.32 Å². The van der Waals surface area contributed by atoms with Crippen molar-refractivity contribution in [2.45, 2.75) is 38.1 Å². The lowest BCUT2D eigenvalue weighted by atomic mass is 9.81.